The number of carbonyl (C=O) groups is 5. The van der Waals surface area contributed by atoms with E-state index in [-0.39, 0.29) is 49.1 Å². The SMILES string of the molecule is COC(=O)CCC(=O)NC(Cc1ccccc1)C(=O)NC(CC(C)C)C(=O)NC(Cc1ccccc1)C(=O)Nc1ccc2c(C(F)(F)F)cc(=O)oc2c1. The van der Waals surface area contributed by atoms with Crippen LogP contribution < -0.4 is 26.9 Å². The summed E-state index contributed by atoms with van der Waals surface area (Å²) in [7, 11) is 1.19. The van der Waals surface area contributed by atoms with E-state index in [1.807, 2.05) is 13.8 Å². The molecule has 0 aliphatic heterocycles. The third kappa shape index (κ3) is 12.0. The third-order valence-electron chi connectivity index (χ3n) is 8.29. The van der Waals surface area contributed by atoms with Gasteiger partial charge in [0.2, 0.25) is 23.6 Å². The summed E-state index contributed by atoms with van der Waals surface area (Å²) in [6.45, 7) is 3.66. The van der Waals surface area contributed by atoms with Crippen LogP contribution in [-0.4, -0.2) is 54.8 Å². The van der Waals surface area contributed by atoms with Crippen molar-refractivity contribution in [3.05, 3.63) is 112 Å². The number of hydrogen-bond acceptors (Lipinski definition) is 8. The van der Waals surface area contributed by atoms with Crippen LogP contribution in [0, 0.1) is 5.92 Å². The van der Waals surface area contributed by atoms with Gasteiger partial charge in [-0.2, -0.15) is 13.2 Å². The number of nitrogens with one attached hydrogen (secondary N) is 4. The summed E-state index contributed by atoms with van der Waals surface area (Å²) in [5, 5.41) is 10.3. The van der Waals surface area contributed by atoms with Crippen molar-refractivity contribution in [3.8, 4) is 0 Å². The Hall–Kier alpha value is -5.99. The minimum atomic E-state index is -4.83. The second kappa shape index (κ2) is 18.7. The normalized spacial score (nSPS) is 13.0. The van der Waals surface area contributed by atoms with Gasteiger partial charge in [0.15, 0.2) is 0 Å². The second-order valence-electron chi connectivity index (χ2n) is 13.0. The maximum atomic E-state index is 13.9. The molecule has 0 spiro atoms. The van der Waals surface area contributed by atoms with Gasteiger partial charge in [-0.15, -0.1) is 0 Å². The van der Waals surface area contributed by atoms with Crippen LogP contribution in [0.15, 0.2) is 94.1 Å². The van der Waals surface area contributed by atoms with Crippen molar-refractivity contribution < 1.29 is 46.3 Å². The Morgan fingerprint density at radius 2 is 1.28 bits per heavy atom. The first kappa shape index (κ1) is 40.8. The highest BCUT2D eigenvalue weighted by Gasteiger charge is 2.34. The van der Waals surface area contributed by atoms with Gasteiger partial charge in [-0.05, 0) is 35.6 Å². The van der Waals surface area contributed by atoms with Crippen molar-refractivity contribution >= 4 is 46.3 Å². The van der Waals surface area contributed by atoms with Gasteiger partial charge in [0.25, 0.3) is 0 Å². The van der Waals surface area contributed by atoms with E-state index in [1.54, 1.807) is 60.7 Å². The number of carbonyl (C=O) groups excluding carboxylic acids is 5. The van der Waals surface area contributed by atoms with Gasteiger partial charge in [0.05, 0.1) is 19.1 Å². The molecule has 0 bridgehead atoms. The topological polar surface area (TPSA) is 173 Å². The van der Waals surface area contributed by atoms with Crippen molar-refractivity contribution in [1.29, 1.82) is 0 Å². The zero-order valence-electron chi connectivity index (χ0n) is 29.8. The van der Waals surface area contributed by atoms with E-state index < -0.39 is 70.7 Å². The molecule has 0 aliphatic rings. The monoisotopic (exact) mass is 750 g/mol. The second-order valence-corrected chi connectivity index (χ2v) is 13.0. The Balaban J connectivity index is 1.57. The molecule has 4 amide bonds. The predicted octanol–water partition coefficient (Wildman–Crippen LogP) is 4.69. The van der Waals surface area contributed by atoms with E-state index >= 15 is 0 Å². The lowest BCUT2D eigenvalue weighted by atomic mass is 9.99. The maximum Gasteiger partial charge on any atom is 0.417 e. The predicted molar refractivity (Wildman–Crippen MR) is 193 cm³/mol. The Bertz CT molecular complexity index is 2000. The lowest BCUT2D eigenvalue weighted by Gasteiger charge is -2.26. The molecule has 0 aliphatic carbocycles. The van der Waals surface area contributed by atoms with Crippen LogP contribution in [0.25, 0.3) is 11.0 Å². The lowest BCUT2D eigenvalue weighted by Crippen LogP contribution is -2.57. The lowest BCUT2D eigenvalue weighted by molar-refractivity contribution is -0.142. The molecule has 0 radical (unpaired) electrons. The molecule has 0 saturated heterocycles. The van der Waals surface area contributed by atoms with Gasteiger partial charge in [-0.1, -0.05) is 74.5 Å². The Kier molecular flexibility index (Phi) is 14.1. The summed E-state index contributed by atoms with van der Waals surface area (Å²) in [5.74, 6) is -3.41. The van der Waals surface area contributed by atoms with E-state index in [9.17, 15) is 41.9 Å². The molecule has 3 unspecified atom stereocenters. The number of amides is 4. The molecule has 4 rings (SSSR count). The van der Waals surface area contributed by atoms with Crippen LogP contribution in [0.5, 0.6) is 0 Å². The van der Waals surface area contributed by atoms with Crippen LogP contribution in [0.1, 0.15) is 49.8 Å². The van der Waals surface area contributed by atoms with Crippen LogP contribution >= 0.6 is 0 Å². The minimum absolute atomic E-state index is 0.000938. The zero-order chi connectivity index (χ0) is 39.4. The number of ether oxygens (including phenoxy) is 1. The Morgan fingerprint density at radius 3 is 1.83 bits per heavy atom. The molecular weight excluding hydrogens is 709 g/mol. The van der Waals surface area contributed by atoms with Crippen molar-refractivity contribution in [2.75, 3.05) is 12.4 Å². The first-order valence-electron chi connectivity index (χ1n) is 17.1. The molecule has 4 aromatic rings. The molecule has 1 heterocycles. The van der Waals surface area contributed by atoms with Crippen molar-refractivity contribution in [1.82, 2.24) is 16.0 Å². The molecule has 1 aromatic heterocycles. The smallest absolute Gasteiger partial charge is 0.417 e. The summed E-state index contributed by atoms with van der Waals surface area (Å²) in [5.41, 5.74) is -1.43. The summed E-state index contributed by atoms with van der Waals surface area (Å²) >= 11 is 0. The van der Waals surface area contributed by atoms with Gasteiger partial charge in [0.1, 0.15) is 23.7 Å². The van der Waals surface area contributed by atoms with Gasteiger partial charge in [-0.3, -0.25) is 24.0 Å². The summed E-state index contributed by atoms with van der Waals surface area (Å²) in [4.78, 5) is 77.7. The number of benzene rings is 3. The van der Waals surface area contributed by atoms with Gasteiger partial charge >= 0.3 is 17.8 Å². The van der Waals surface area contributed by atoms with E-state index in [2.05, 4.69) is 26.0 Å². The van der Waals surface area contributed by atoms with Crippen molar-refractivity contribution in [2.45, 2.75) is 70.3 Å². The molecule has 286 valence electrons. The van der Waals surface area contributed by atoms with E-state index in [0.29, 0.717) is 11.6 Å². The summed E-state index contributed by atoms with van der Waals surface area (Å²) in [6.07, 6.45) is -5.05. The largest absolute Gasteiger partial charge is 0.469 e. The average molecular weight is 751 g/mol. The first-order valence-corrected chi connectivity index (χ1v) is 17.1. The maximum absolute atomic E-state index is 13.9. The highest BCUT2D eigenvalue weighted by Crippen LogP contribution is 2.34. The first-order chi connectivity index (χ1) is 25.6. The fraction of sp³-hybridized carbons (Fsp3) is 0.333. The molecule has 3 atom stereocenters. The third-order valence-corrected chi connectivity index (χ3v) is 8.29. The van der Waals surface area contributed by atoms with Crippen LogP contribution in [0.2, 0.25) is 0 Å². The number of fused-ring (bicyclic) bond motifs is 1. The van der Waals surface area contributed by atoms with Crippen LogP contribution in [0.3, 0.4) is 0 Å². The molecule has 0 fully saturated rings. The number of alkyl halides is 3. The van der Waals surface area contributed by atoms with E-state index in [1.165, 1.54) is 13.2 Å². The number of hydrogen-bond donors (Lipinski definition) is 4. The van der Waals surface area contributed by atoms with Crippen molar-refractivity contribution in [3.63, 3.8) is 0 Å². The molecule has 12 nitrogen and oxygen atoms in total. The van der Waals surface area contributed by atoms with Gasteiger partial charge in [-0.25, -0.2) is 4.79 Å². The fourth-order valence-corrected chi connectivity index (χ4v) is 5.65. The number of halogens is 3. The standard InChI is InChI=1S/C39H41F3N4O8/c1-23(2)18-29(45-38(52)30(19-24-10-6-4-7-11-24)44-33(47)16-17-34(48)53-3)37(51)46-31(20-25-12-8-5-9-13-25)36(50)43-26-14-15-27-28(39(40,41)42)22-35(49)54-32(27)21-26/h4-15,21-23,29-31H,16-20H2,1-3H3,(H,43,50)(H,44,47)(H,45,52)(H,46,51). The van der Waals surface area contributed by atoms with Gasteiger partial charge < -0.3 is 30.4 Å². The summed E-state index contributed by atoms with van der Waals surface area (Å²) in [6, 6.07) is 17.8. The van der Waals surface area contributed by atoms with E-state index in [0.717, 1.165) is 17.7 Å². The quantitative estimate of drug-likeness (QED) is 0.0944. The number of esters is 1. The minimum Gasteiger partial charge on any atom is -0.469 e. The molecule has 4 N–H and O–H groups in total. The molecular formula is C39H41F3N4O8. The molecule has 0 saturated carbocycles. The number of methoxy groups -OCH3 is 1. The number of rotatable bonds is 16. The van der Waals surface area contributed by atoms with E-state index in [4.69, 9.17) is 4.42 Å². The highest BCUT2D eigenvalue weighted by molar-refractivity contribution is 6.00. The molecule has 54 heavy (non-hydrogen) atoms. The number of anilines is 1. The van der Waals surface area contributed by atoms with Crippen molar-refractivity contribution in [2.24, 2.45) is 5.92 Å². The summed E-state index contributed by atoms with van der Waals surface area (Å²) < 4.78 is 50.3. The van der Waals surface area contributed by atoms with Gasteiger partial charge in [0, 0.05) is 42.5 Å². The van der Waals surface area contributed by atoms with Crippen LogP contribution in [0.4, 0.5) is 18.9 Å². The molecule has 3 aromatic carbocycles. The average Bonchev–Trinajstić information content (AvgIpc) is 3.12. The molecule has 15 heteroatoms. The Morgan fingerprint density at radius 1 is 0.722 bits per heavy atom. The zero-order valence-corrected chi connectivity index (χ0v) is 29.8. The highest BCUT2D eigenvalue weighted by atomic mass is 19.4. The Labute approximate surface area is 308 Å². The van der Waals surface area contributed by atoms with Crippen LogP contribution in [-0.2, 0) is 47.7 Å². The fourth-order valence-electron chi connectivity index (χ4n) is 5.65.